The highest BCUT2D eigenvalue weighted by Crippen LogP contribution is 2.27. The van der Waals surface area contributed by atoms with E-state index in [1.807, 2.05) is 0 Å². The number of hydrogen-bond acceptors (Lipinski definition) is 2. The van der Waals surface area contributed by atoms with Crippen LogP contribution in [0.5, 0.6) is 0 Å². The van der Waals surface area contributed by atoms with Crippen LogP contribution in [0.4, 0.5) is 8.78 Å². The fraction of sp³-hybridized carbons (Fsp3) is 0.625. The fourth-order valence-corrected chi connectivity index (χ4v) is 2.88. The van der Waals surface area contributed by atoms with Gasteiger partial charge in [-0.25, -0.2) is 8.78 Å². The Morgan fingerprint density at radius 2 is 2.15 bits per heavy atom. The van der Waals surface area contributed by atoms with E-state index in [9.17, 15) is 8.78 Å². The van der Waals surface area contributed by atoms with E-state index < -0.39 is 11.6 Å². The predicted molar refractivity (Wildman–Crippen MR) is 75.5 cm³/mol. The Labute approximate surface area is 119 Å². The fourth-order valence-electron chi connectivity index (χ4n) is 2.88. The SMILES string of the molecule is CNC(COC1CCCC(C)C1)c1cccc(F)c1F. The minimum absolute atomic E-state index is 0.242. The summed E-state index contributed by atoms with van der Waals surface area (Å²) in [6.07, 6.45) is 4.80. The van der Waals surface area contributed by atoms with E-state index in [1.54, 1.807) is 13.1 Å². The summed E-state index contributed by atoms with van der Waals surface area (Å²) >= 11 is 0. The van der Waals surface area contributed by atoms with Crippen molar-refractivity contribution in [2.75, 3.05) is 13.7 Å². The van der Waals surface area contributed by atoms with Gasteiger partial charge in [0, 0.05) is 5.56 Å². The highest BCUT2D eigenvalue weighted by atomic mass is 19.2. The van der Waals surface area contributed by atoms with Gasteiger partial charge in [-0.2, -0.15) is 0 Å². The molecule has 1 aromatic carbocycles. The van der Waals surface area contributed by atoms with Crippen LogP contribution in [0.1, 0.15) is 44.2 Å². The predicted octanol–water partition coefficient (Wildman–Crippen LogP) is 3.82. The zero-order valence-corrected chi connectivity index (χ0v) is 12.2. The second-order valence-corrected chi connectivity index (χ2v) is 5.71. The molecule has 1 aromatic rings. The van der Waals surface area contributed by atoms with Gasteiger partial charge in [0.1, 0.15) is 0 Å². The Hall–Kier alpha value is -1.00. The third kappa shape index (κ3) is 3.76. The van der Waals surface area contributed by atoms with E-state index in [0.717, 1.165) is 18.9 Å². The molecule has 0 aliphatic heterocycles. The smallest absolute Gasteiger partial charge is 0.163 e. The van der Waals surface area contributed by atoms with Crippen LogP contribution in [-0.4, -0.2) is 19.8 Å². The molecule has 1 aliphatic rings. The average Bonchev–Trinajstić information content (AvgIpc) is 2.44. The van der Waals surface area contributed by atoms with Crippen molar-refractivity contribution in [1.82, 2.24) is 5.32 Å². The summed E-state index contributed by atoms with van der Waals surface area (Å²) < 4.78 is 33.0. The molecule has 20 heavy (non-hydrogen) atoms. The van der Waals surface area contributed by atoms with Gasteiger partial charge in [-0.15, -0.1) is 0 Å². The lowest BCUT2D eigenvalue weighted by atomic mass is 9.88. The molecule has 3 atom stereocenters. The second-order valence-electron chi connectivity index (χ2n) is 5.71. The van der Waals surface area contributed by atoms with Crippen molar-refractivity contribution in [3.8, 4) is 0 Å². The zero-order valence-electron chi connectivity index (χ0n) is 12.2. The van der Waals surface area contributed by atoms with Crippen LogP contribution in [0.15, 0.2) is 18.2 Å². The first-order chi connectivity index (χ1) is 9.61. The molecule has 1 aliphatic carbocycles. The quantitative estimate of drug-likeness (QED) is 0.887. The number of ether oxygens (including phenoxy) is 1. The number of halogens is 2. The molecule has 0 heterocycles. The van der Waals surface area contributed by atoms with E-state index in [-0.39, 0.29) is 12.1 Å². The maximum atomic E-state index is 13.8. The van der Waals surface area contributed by atoms with E-state index >= 15 is 0 Å². The summed E-state index contributed by atoms with van der Waals surface area (Å²) in [5, 5.41) is 3.01. The molecule has 0 radical (unpaired) electrons. The number of rotatable bonds is 5. The van der Waals surface area contributed by atoms with Crippen LogP contribution < -0.4 is 5.32 Å². The molecule has 1 N–H and O–H groups in total. The minimum Gasteiger partial charge on any atom is -0.376 e. The monoisotopic (exact) mass is 283 g/mol. The van der Waals surface area contributed by atoms with Gasteiger partial charge in [0.05, 0.1) is 18.8 Å². The largest absolute Gasteiger partial charge is 0.376 e. The number of nitrogens with one attached hydrogen (secondary N) is 1. The molecule has 4 heteroatoms. The van der Waals surface area contributed by atoms with Crippen LogP contribution in [0.25, 0.3) is 0 Å². The Morgan fingerprint density at radius 3 is 2.85 bits per heavy atom. The van der Waals surface area contributed by atoms with Crippen molar-refractivity contribution >= 4 is 0 Å². The van der Waals surface area contributed by atoms with Crippen LogP contribution in [0.3, 0.4) is 0 Å². The third-order valence-electron chi connectivity index (χ3n) is 4.09. The van der Waals surface area contributed by atoms with Crippen LogP contribution in [0, 0.1) is 17.6 Å². The standard InChI is InChI=1S/C16H23F2NO/c1-11-5-3-6-12(9-11)20-10-15(19-2)13-7-4-8-14(17)16(13)18/h4,7-8,11-12,15,19H,3,5-6,9-10H2,1-2H3. The van der Waals surface area contributed by atoms with Gasteiger partial charge in [-0.05, 0) is 31.9 Å². The van der Waals surface area contributed by atoms with Gasteiger partial charge >= 0.3 is 0 Å². The van der Waals surface area contributed by atoms with Gasteiger partial charge in [0.15, 0.2) is 11.6 Å². The highest BCUT2D eigenvalue weighted by Gasteiger charge is 2.22. The molecule has 0 bridgehead atoms. The maximum absolute atomic E-state index is 13.8. The minimum atomic E-state index is -0.811. The summed E-state index contributed by atoms with van der Waals surface area (Å²) in [6, 6.07) is 3.95. The first kappa shape index (κ1) is 15.4. The lowest BCUT2D eigenvalue weighted by Gasteiger charge is -2.28. The van der Waals surface area contributed by atoms with Crippen molar-refractivity contribution in [3.63, 3.8) is 0 Å². The first-order valence-corrected chi connectivity index (χ1v) is 7.34. The van der Waals surface area contributed by atoms with Crippen molar-refractivity contribution in [2.24, 2.45) is 5.92 Å². The normalized spacial score (nSPS) is 24.6. The van der Waals surface area contributed by atoms with Gasteiger partial charge in [0.2, 0.25) is 0 Å². The highest BCUT2D eigenvalue weighted by molar-refractivity contribution is 5.22. The lowest BCUT2D eigenvalue weighted by Crippen LogP contribution is -2.28. The molecule has 1 fully saturated rings. The summed E-state index contributed by atoms with van der Waals surface area (Å²) in [5.74, 6) is -0.908. The van der Waals surface area contributed by atoms with Gasteiger partial charge in [-0.3, -0.25) is 0 Å². The van der Waals surface area contributed by atoms with E-state index in [4.69, 9.17) is 4.74 Å². The third-order valence-corrected chi connectivity index (χ3v) is 4.09. The lowest BCUT2D eigenvalue weighted by molar-refractivity contribution is 0.00442. The number of likely N-dealkylation sites (N-methyl/N-ethyl adjacent to an activating group) is 1. The Kier molecular flexibility index (Phi) is 5.49. The van der Waals surface area contributed by atoms with Crippen LogP contribution >= 0.6 is 0 Å². The summed E-state index contributed by atoms with van der Waals surface area (Å²) in [4.78, 5) is 0. The molecule has 0 spiro atoms. The summed E-state index contributed by atoms with van der Waals surface area (Å²) in [5.41, 5.74) is 0.330. The van der Waals surface area contributed by atoms with Crippen LogP contribution in [-0.2, 0) is 4.74 Å². The topological polar surface area (TPSA) is 21.3 Å². The van der Waals surface area contributed by atoms with Crippen molar-refractivity contribution in [3.05, 3.63) is 35.4 Å². The van der Waals surface area contributed by atoms with Crippen molar-refractivity contribution in [2.45, 2.75) is 44.8 Å². The number of benzene rings is 1. The van der Waals surface area contributed by atoms with Gasteiger partial charge in [-0.1, -0.05) is 31.9 Å². The van der Waals surface area contributed by atoms with Gasteiger partial charge in [0.25, 0.3) is 0 Å². The van der Waals surface area contributed by atoms with Crippen molar-refractivity contribution in [1.29, 1.82) is 0 Å². The molecule has 1 saturated carbocycles. The zero-order chi connectivity index (χ0) is 14.5. The molecule has 112 valence electrons. The molecular formula is C16H23F2NO. The first-order valence-electron chi connectivity index (χ1n) is 7.34. The summed E-state index contributed by atoms with van der Waals surface area (Å²) in [6.45, 7) is 2.60. The Bertz CT molecular complexity index is 438. The Balaban J connectivity index is 1.97. The molecule has 3 unspecified atom stereocenters. The molecule has 2 nitrogen and oxygen atoms in total. The summed E-state index contributed by atoms with van der Waals surface area (Å²) in [7, 11) is 1.74. The van der Waals surface area contributed by atoms with Gasteiger partial charge < -0.3 is 10.1 Å². The second kappa shape index (κ2) is 7.14. The molecule has 0 amide bonds. The van der Waals surface area contributed by atoms with Crippen LogP contribution in [0.2, 0.25) is 0 Å². The molecule has 2 rings (SSSR count). The molecular weight excluding hydrogens is 260 g/mol. The molecule has 0 aromatic heterocycles. The Morgan fingerprint density at radius 1 is 1.35 bits per heavy atom. The number of hydrogen-bond donors (Lipinski definition) is 1. The van der Waals surface area contributed by atoms with E-state index in [2.05, 4.69) is 12.2 Å². The van der Waals surface area contributed by atoms with E-state index in [0.29, 0.717) is 18.1 Å². The molecule has 0 saturated heterocycles. The average molecular weight is 283 g/mol. The maximum Gasteiger partial charge on any atom is 0.163 e. The van der Waals surface area contributed by atoms with E-state index in [1.165, 1.54) is 18.9 Å². The van der Waals surface area contributed by atoms with Crippen molar-refractivity contribution < 1.29 is 13.5 Å².